The molecule has 0 amide bonds. The van der Waals surface area contributed by atoms with Gasteiger partial charge in [0.05, 0.1) is 22.6 Å². The van der Waals surface area contributed by atoms with E-state index in [2.05, 4.69) is 11.1 Å². The molecule has 0 radical (unpaired) electrons. The maximum atomic E-state index is 14.3. The fraction of sp³-hybridized carbons (Fsp3) is 0.125. The molecule has 21 heavy (non-hydrogen) atoms. The van der Waals surface area contributed by atoms with E-state index in [0.29, 0.717) is 28.1 Å². The number of nitriles is 1. The molecule has 2 aromatic carbocycles. The lowest BCUT2D eigenvalue weighted by Crippen LogP contribution is -2.04. The summed E-state index contributed by atoms with van der Waals surface area (Å²) in [5, 5.41) is 9.18. The zero-order valence-electron chi connectivity index (χ0n) is 11.3. The Kier molecular flexibility index (Phi) is 3.36. The second-order valence-electron chi connectivity index (χ2n) is 4.69. The Morgan fingerprint density at radius 3 is 2.71 bits per heavy atom. The SMILES string of the molecule is Cc1cccc(F)c1-n1c(CCl)nc2c(C#N)cccc21. The normalized spacial score (nSPS) is 10.8. The molecule has 0 bridgehead atoms. The van der Waals surface area contributed by atoms with Crippen molar-refractivity contribution in [3.8, 4) is 11.8 Å². The van der Waals surface area contributed by atoms with Gasteiger partial charge in [-0.25, -0.2) is 9.37 Å². The average Bonchev–Trinajstić information content (AvgIpc) is 2.86. The molecule has 0 spiro atoms. The Labute approximate surface area is 126 Å². The van der Waals surface area contributed by atoms with Gasteiger partial charge in [0.25, 0.3) is 0 Å². The summed E-state index contributed by atoms with van der Waals surface area (Å²) in [5.41, 5.74) is 2.87. The Morgan fingerprint density at radius 2 is 2.05 bits per heavy atom. The van der Waals surface area contributed by atoms with E-state index in [1.54, 1.807) is 22.8 Å². The van der Waals surface area contributed by atoms with Crippen LogP contribution in [0.3, 0.4) is 0 Å². The van der Waals surface area contributed by atoms with Crippen LogP contribution in [-0.2, 0) is 5.88 Å². The topological polar surface area (TPSA) is 41.6 Å². The van der Waals surface area contributed by atoms with E-state index < -0.39 is 0 Å². The van der Waals surface area contributed by atoms with Crippen LogP contribution in [0.25, 0.3) is 16.7 Å². The van der Waals surface area contributed by atoms with Gasteiger partial charge in [-0.3, -0.25) is 4.57 Å². The molecule has 0 fully saturated rings. The van der Waals surface area contributed by atoms with Crippen LogP contribution in [0.5, 0.6) is 0 Å². The first-order valence-electron chi connectivity index (χ1n) is 6.39. The lowest BCUT2D eigenvalue weighted by molar-refractivity contribution is 0.616. The zero-order chi connectivity index (χ0) is 15.0. The Morgan fingerprint density at radius 1 is 1.29 bits per heavy atom. The molecule has 3 rings (SSSR count). The third-order valence-electron chi connectivity index (χ3n) is 3.41. The van der Waals surface area contributed by atoms with E-state index in [0.717, 1.165) is 5.56 Å². The van der Waals surface area contributed by atoms with Crippen LogP contribution in [0.15, 0.2) is 36.4 Å². The minimum absolute atomic E-state index is 0.132. The lowest BCUT2D eigenvalue weighted by Gasteiger charge is -2.12. The van der Waals surface area contributed by atoms with Crippen molar-refractivity contribution < 1.29 is 4.39 Å². The number of aromatic nitrogens is 2. The summed E-state index contributed by atoms with van der Waals surface area (Å²) in [6.45, 7) is 1.83. The molecule has 3 nitrogen and oxygen atoms in total. The van der Waals surface area contributed by atoms with Crippen LogP contribution in [0.4, 0.5) is 4.39 Å². The molecule has 3 aromatic rings. The molecule has 104 valence electrons. The van der Waals surface area contributed by atoms with Crippen LogP contribution in [0.2, 0.25) is 0 Å². The van der Waals surface area contributed by atoms with Gasteiger partial charge in [-0.15, -0.1) is 11.6 Å². The maximum Gasteiger partial charge on any atom is 0.147 e. The summed E-state index contributed by atoms with van der Waals surface area (Å²) in [6, 6.07) is 12.3. The minimum Gasteiger partial charge on any atom is -0.292 e. The predicted molar refractivity (Wildman–Crippen MR) is 80.0 cm³/mol. The van der Waals surface area contributed by atoms with Gasteiger partial charge in [0.1, 0.15) is 23.2 Å². The van der Waals surface area contributed by atoms with Crippen molar-refractivity contribution in [1.29, 1.82) is 5.26 Å². The van der Waals surface area contributed by atoms with Gasteiger partial charge in [-0.05, 0) is 30.7 Å². The summed E-state index contributed by atoms with van der Waals surface area (Å²) < 4.78 is 16.0. The highest BCUT2D eigenvalue weighted by Crippen LogP contribution is 2.28. The number of rotatable bonds is 2. The third-order valence-corrected chi connectivity index (χ3v) is 3.65. The van der Waals surface area contributed by atoms with Gasteiger partial charge in [-0.2, -0.15) is 5.26 Å². The summed E-state index contributed by atoms with van der Waals surface area (Å²) in [5.74, 6) is 0.304. The maximum absolute atomic E-state index is 14.3. The van der Waals surface area contributed by atoms with Gasteiger partial charge in [0.15, 0.2) is 0 Å². The van der Waals surface area contributed by atoms with Crippen LogP contribution in [0.1, 0.15) is 17.0 Å². The minimum atomic E-state index is -0.344. The fourth-order valence-corrected chi connectivity index (χ4v) is 2.66. The van der Waals surface area contributed by atoms with Crippen molar-refractivity contribution >= 4 is 22.6 Å². The quantitative estimate of drug-likeness (QED) is 0.669. The summed E-state index contributed by atoms with van der Waals surface area (Å²) in [4.78, 5) is 4.40. The number of nitrogens with zero attached hydrogens (tertiary/aromatic N) is 3. The van der Waals surface area contributed by atoms with E-state index in [-0.39, 0.29) is 11.7 Å². The second-order valence-corrected chi connectivity index (χ2v) is 4.95. The number of imidazole rings is 1. The zero-order valence-corrected chi connectivity index (χ0v) is 12.0. The second kappa shape index (κ2) is 5.19. The Bertz CT molecular complexity index is 857. The van der Waals surface area contributed by atoms with E-state index in [4.69, 9.17) is 11.6 Å². The smallest absolute Gasteiger partial charge is 0.147 e. The molecule has 5 heteroatoms. The summed E-state index contributed by atoms with van der Waals surface area (Å²) in [7, 11) is 0. The van der Waals surface area contributed by atoms with Crippen LogP contribution in [0, 0.1) is 24.1 Å². The van der Waals surface area contributed by atoms with Crippen molar-refractivity contribution in [2.24, 2.45) is 0 Å². The molecule has 1 aromatic heterocycles. The largest absolute Gasteiger partial charge is 0.292 e. The summed E-state index contributed by atoms with van der Waals surface area (Å²) in [6.07, 6.45) is 0. The van der Waals surface area contributed by atoms with Gasteiger partial charge in [0.2, 0.25) is 0 Å². The molecule has 0 aliphatic rings. The van der Waals surface area contributed by atoms with E-state index in [9.17, 15) is 9.65 Å². The molecule has 0 aliphatic carbocycles. The molecule has 0 N–H and O–H groups in total. The monoisotopic (exact) mass is 299 g/mol. The number of hydrogen-bond acceptors (Lipinski definition) is 2. The average molecular weight is 300 g/mol. The van der Waals surface area contributed by atoms with Gasteiger partial charge in [-0.1, -0.05) is 18.2 Å². The van der Waals surface area contributed by atoms with Crippen molar-refractivity contribution in [3.05, 3.63) is 59.2 Å². The molecule has 0 saturated carbocycles. The first kappa shape index (κ1) is 13.6. The van der Waals surface area contributed by atoms with Crippen LogP contribution >= 0.6 is 11.6 Å². The number of para-hydroxylation sites is 2. The summed E-state index contributed by atoms with van der Waals surface area (Å²) >= 11 is 5.96. The van der Waals surface area contributed by atoms with Gasteiger partial charge < -0.3 is 0 Å². The van der Waals surface area contributed by atoms with Crippen molar-refractivity contribution in [2.45, 2.75) is 12.8 Å². The number of hydrogen-bond donors (Lipinski definition) is 0. The van der Waals surface area contributed by atoms with Crippen LogP contribution in [-0.4, -0.2) is 9.55 Å². The van der Waals surface area contributed by atoms with E-state index in [1.165, 1.54) is 6.07 Å². The number of benzene rings is 2. The van der Waals surface area contributed by atoms with E-state index in [1.807, 2.05) is 19.1 Å². The molecule has 0 aliphatic heterocycles. The Balaban J connectivity index is 2.45. The van der Waals surface area contributed by atoms with Crippen molar-refractivity contribution in [2.75, 3.05) is 0 Å². The predicted octanol–water partition coefficient (Wildman–Crippen LogP) is 4.08. The van der Waals surface area contributed by atoms with Crippen molar-refractivity contribution in [3.63, 3.8) is 0 Å². The van der Waals surface area contributed by atoms with Gasteiger partial charge >= 0.3 is 0 Å². The van der Waals surface area contributed by atoms with Gasteiger partial charge in [0, 0.05) is 0 Å². The fourth-order valence-electron chi connectivity index (χ4n) is 2.48. The first-order valence-corrected chi connectivity index (χ1v) is 6.92. The molecular formula is C16H11ClFN3. The standard InChI is InChI=1S/C16H11ClFN3/c1-10-4-2-6-12(18)16(10)21-13-7-3-5-11(9-19)15(13)20-14(21)8-17/h2-7H,8H2,1H3. The highest BCUT2D eigenvalue weighted by atomic mass is 35.5. The number of aryl methyl sites for hydroxylation is 1. The molecular weight excluding hydrogens is 289 g/mol. The molecule has 0 unspecified atom stereocenters. The van der Waals surface area contributed by atoms with Crippen molar-refractivity contribution in [1.82, 2.24) is 9.55 Å². The third kappa shape index (κ3) is 2.07. The first-order chi connectivity index (χ1) is 10.2. The number of alkyl halides is 1. The van der Waals surface area contributed by atoms with Crippen LogP contribution < -0.4 is 0 Å². The highest BCUT2D eigenvalue weighted by molar-refractivity contribution is 6.17. The number of halogens is 2. The highest BCUT2D eigenvalue weighted by Gasteiger charge is 2.18. The lowest BCUT2D eigenvalue weighted by atomic mass is 10.1. The molecule has 0 atom stereocenters. The molecule has 0 saturated heterocycles. The molecule has 1 heterocycles. The Hall–Kier alpha value is -2.38. The van der Waals surface area contributed by atoms with E-state index >= 15 is 0 Å². The number of fused-ring (bicyclic) bond motifs is 1.